The molecule has 0 fully saturated rings. The molecule has 3 aromatic rings. The fourth-order valence-corrected chi connectivity index (χ4v) is 2.44. The summed E-state index contributed by atoms with van der Waals surface area (Å²) in [6.07, 6.45) is 0.611. The summed E-state index contributed by atoms with van der Waals surface area (Å²) in [6, 6.07) is 15.5. The van der Waals surface area contributed by atoms with Gasteiger partial charge >= 0.3 is 5.97 Å². The number of benzene rings is 1. The SMILES string of the molecule is Cc1cccc2c(C(=O)O)nc(Cc3ccccc3)n12. The number of hydrogen-bond acceptors (Lipinski definition) is 2. The first kappa shape index (κ1) is 12.4. The van der Waals surface area contributed by atoms with E-state index in [1.54, 1.807) is 6.07 Å². The molecule has 1 N–H and O–H groups in total. The number of carbonyl (C=O) groups is 1. The number of carboxylic acids is 1. The monoisotopic (exact) mass is 266 g/mol. The summed E-state index contributed by atoms with van der Waals surface area (Å²) in [5.74, 6) is -0.242. The Morgan fingerprint density at radius 3 is 2.60 bits per heavy atom. The second kappa shape index (κ2) is 4.81. The molecule has 0 saturated heterocycles. The summed E-state index contributed by atoms with van der Waals surface area (Å²) >= 11 is 0. The van der Waals surface area contributed by atoms with Crippen molar-refractivity contribution in [2.75, 3.05) is 0 Å². The summed E-state index contributed by atoms with van der Waals surface area (Å²) in [6.45, 7) is 1.95. The molecule has 4 heteroatoms. The van der Waals surface area contributed by atoms with Gasteiger partial charge in [0, 0.05) is 12.1 Å². The Morgan fingerprint density at radius 1 is 1.15 bits per heavy atom. The average molecular weight is 266 g/mol. The lowest BCUT2D eigenvalue weighted by Gasteiger charge is -2.04. The van der Waals surface area contributed by atoms with Crippen LogP contribution in [-0.2, 0) is 6.42 Å². The third kappa shape index (κ3) is 2.05. The summed E-state index contributed by atoms with van der Waals surface area (Å²) in [5, 5.41) is 9.28. The molecule has 0 aliphatic carbocycles. The molecule has 0 saturated carbocycles. The van der Waals surface area contributed by atoms with Crippen molar-refractivity contribution in [3.8, 4) is 0 Å². The summed E-state index contributed by atoms with van der Waals surface area (Å²) in [4.78, 5) is 15.6. The highest BCUT2D eigenvalue weighted by atomic mass is 16.4. The minimum atomic E-state index is -0.993. The normalized spacial score (nSPS) is 10.8. The van der Waals surface area contributed by atoms with Crippen LogP contribution < -0.4 is 0 Å². The number of hydrogen-bond donors (Lipinski definition) is 1. The molecule has 0 bridgehead atoms. The maximum absolute atomic E-state index is 11.3. The number of pyridine rings is 1. The molecule has 100 valence electrons. The van der Waals surface area contributed by atoms with Gasteiger partial charge in [0.05, 0.1) is 5.52 Å². The lowest BCUT2D eigenvalue weighted by Crippen LogP contribution is -1.99. The van der Waals surface area contributed by atoms with Crippen LogP contribution in [0, 0.1) is 6.92 Å². The van der Waals surface area contributed by atoms with Crippen LogP contribution in [0.5, 0.6) is 0 Å². The van der Waals surface area contributed by atoms with E-state index in [0.717, 1.165) is 17.1 Å². The molecule has 0 radical (unpaired) electrons. The fourth-order valence-electron chi connectivity index (χ4n) is 2.44. The summed E-state index contributed by atoms with van der Waals surface area (Å²) in [7, 11) is 0. The van der Waals surface area contributed by atoms with Gasteiger partial charge in [-0.1, -0.05) is 36.4 Å². The number of fused-ring (bicyclic) bond motifs is 1. The fraction of sp³-hybridized carbons (Fsp3) is 0.125. The van der Waals surface area contributed by atoms with Gasteiger partial charge in [-0.15, -0.1) is 0 Å². The molecule has 0 atom stereocenters. The molecule has 0 aliphatic rings. The Bertz CT molecular complexity index is 776. The van der Waals surface area contributed by atoms with E-state index in [4.69, 9.17) is 0 Å². The van der Waals surface area contributed by atoms with E-state index < -0.39 is 5.97 Å². The van der Waals surface area contributed by atoms with Crippen LogP contribution in [0.3, 0.4) is 0 Å². The first-order valence-electron chi connectivity index (χ1n) is 6.41. The molecule has 2 aromatic heterocycles. The van der Waals surface area contributed by atoms with E-state index in [1.807, 2.05) is 53.8 Å². The standard InChI is InChI=1S/C16H14N2O2/c1-11-6-5-9-13-15(16(19)20)17-14(18(11)13)10-12-7-3-2-4-8-12/h2-9H,10H2,1H3,(H,19,20). The van der Waals surface area contributed by atoms with Gasteiger partial charge in [0.25, 0.3) is 0 Å². The molecule has 4 nitrogen and oxygen atoms in total. The summed E-state index contributed by atoms with van der Waals surface area (Å²) in [5.41, 5.74) is 2.84. The Labute approximate surface area is 116 Å². The lowest BCUT2D eigenvalue weighted by molar-refractivity contribution is 0.0693. The summed E-state index contributed by atoms with van der Waals surface area (Å²) < 4.78 is 1.91. The van der Waals surface area contributed by atoms with Gasteiger partial charge in [-0.3, -0.25) is 4.40 Å². The Kier molecular flexibility index (Phi) is 2.99. The lowest BCUT2D eigenvalue weighted by atomic mass is 10.1. The maximum Gasteiger partial charge on any atom is 0.356 e. The highest BCUT2D eigenvalue weighted by Crippen LogP contribution is 2.18. The molecule has 3 rings (SSSR count). The first-order valence-corrected chi connectivity index (χ1v) is 6.41. The van der Waals surface area contributed by atoms with Crippen molar-refractivity contribution in [2.24, 2.45) is 0 Å². The smallest absolute Gasteiger partial charge is 0.356 e. The van der Waals surface area contributed by atoms with Gasteiger partial charge in [-0.05, 0) is 24.6 Å². The van der Waals surface area contributed by atoms with Crippen molar-refractivity contribution in [3.63, 3.8) is 0 Å². The number of aromatic nitrogens is 2. The maximum atomic E-state index is 11.3. The van der Waals surface area contributed by atoms with Gasteiger partial charge < -0.3 is 5.11 Å². The van der Waals surface area contributed by atoms with Crippen LogP contribution in [-0.4, -0.2) is 20.5 Å². The number of carboxylic acid groups (broad SMARTS) is 1. The Morgan fingerprint density at radius 2 is 1.90 bits per heavy atom. The van der Waals surface area contributed by atoms with Crippen molar-refractivity contribution in [1.82, 2.24) is 9.38 Å². The van der Waals surface area contributed by atoms with Gasteiger partial charge in [0.1, 0.15) is 5.82 Å². The van der Waals surface area contributed by atoms with Gasteiger partial charge in [-0.25, -0.2) is 9.78 Å². The molecular formula is C16H14N2O2. The minimum Gasteiger partial charge on any atom is -0.476 e. The largest absolute Gasteiger partial charge is 0.476 e. The molecule has 20 heavy (non-hydrogen) atoms. The zero-order valence-corrected chi connectivity index (χ0v) is 11.1. The van der Waals surface area contributed by atoms with E-state index in [-0.39, 0.29) is 5.69 Å². The van der Waals surface area contributed by atoms with Gasteiger partial charge in [0.2, 0.25) is 0 Å². The highest BCUT2D eigenvalue weighted by Gasteiger charge is 2.17. The molecule has 0 unspecified atom stereocenters. The quantitative estimate of drug-likeness (QED) is 0.793. The molecular weight excluding hydrogens is 252 g/mol. The minimum absolute atomic E-state index is 0.111. The molecule has 0 amide bonds. The van der Waals surface area contributed by atoms with E-state index in [1.165, 1.54) is 0 Å². The molecule has 0 aliphatic heterocycles. The zero-order valence-electron chi connectivity index (χ0n) is 11.1. The number of imidazole rings is 1. The predicted molar refractivity (Wildman–Crippen MR) is 76.1 cm³/mol. The molecule has 1 aromatic carbocycles. The second-order valence-electron chi connectivity index (χ2n) is 4.73. The van der Waals surface area contributed by atoms with Crippen LogP contribution >= 0.6 is 0 Å². The van der Waals surface area contributed by atoms with E-state index in [0.29, 0.717) is 11.9 Å². The first-order chi connectivity index (χ1) is 9.66. The van der Waals surface area contributed by atoms with Crippen LogP contribution in [0.25, 0.3) is 5.52 Å². The Balaban J connectivity index is 2.18. The number of aryl methyl sites for hydroxylation is 1. The third-order valence-electron chi connectivity index (χ3n) is 3.33. The zero-order chi connectivity index (χ0) is 14.1. The van der Waals surface area contributed by atoms with Crippen molar-refractivity contribution in [2.45, 2.75) is 13.3 Å². The predicted octanol–water partition coefficient (Wildman–Crippen LogP) is 2.93. The van der Waals surface area contributed by atoms with E-state index in [9.17, 15) is 9.90 Å². The highest BCUT2D eigenvalue weighted by molar-refractivity contribution is 5.93. The van der Waals surface area contributed by atoms with Crippen LogP contribution in [0.4, 0.5) is 0 Å². The second-order valence-corrected chi connectivity index (χ2v) is 4.73. The van der Waals surface area contributed by atoms with Crippen molar-refractivity contribution in [3.05, 3.63) is 71.3 Å². The van der Waals surface area contributed by atoms with Crippen LogP contribution in [0.2, 0.25) is 0 Å². The van der Waals surface area contributed by atoms with Crippen LogP contribution in [0.15, 0.2) is 48.5 Å². The van der Waals surface area contributed by atoms with E-state index >= 15 is 0 Å². The molecule has 2 heterocycles. The van der Waals surface area contributed by atoms with Crippen molar-refractivity contribution < 1.29 is 9.90 Å². The number of rotatable bonds is 3. The van der Waals surface area contributed by atoms with Crippen LogP contribution in [0.1, 0.15) is 27.6 Å². The number of aromatic carboxylic acids is 1. The third-order valence-corrected chi connectivity index (χ3v) is 3.33. The number of nitrogens with zero attached hydrogens (tertiary/aromatic N) is 2. The van der Waals surface area contributed by atoms with Gasteiger partial charge in [0.15, 0.2) is 5.69 Å². The van der Waals surface area contributed by atoms with Crippen molar-refractivity contribution >= 4 is 11.5 Å². The average Bonchev–Trinajstić information content (AvgIpc) is 2.80. The molecule has 0 spiro atoms. The van der Waals surface area contributed by atoms with Gasteiger partial charge in [-0.2, -0.15) is 0 Å². The topological polar surface area (TPSA) is 54.6 Å². The van der Waals surface area contributed by atoms with E-state index in [2.05, 4.69) is 4.98 Å². The Hall–Kier alpha value is -2.62. The van der Waals surface area contributed by atoms with Crippen molar-refractivity contribution in [1.29, 1.82) is 0 Å².